The van der Waals surface area contributed by atoms with Crippen molar-refractivity contribution in [1.82, 2.24) is 10.2 Å². The summed E-state index contributed by atoms with van der Waals surface area (Å²) in [5.41, 5.74) is 1.21. The number of morpholine rings is 1. The van der Waals surface area contributed by atoms with Crippen LogP contribution in [0.5, 0.6) is 5.75 Å². The SMILES string of the molecule is CN1c2cc(C(=O)N3CCOCC3)ccc2OC[C@@H]1CC(=O)NC(C)(C)C. The molecule has 1 saturated heterocycles. The first-order chi connectivity index (χ1) is 12.7. The lowest BCUT2D eigenvalue weighted by Crippen LogP contribution is -2.47. The molecule has 148 valence electrons. The number of likely N-dealkylation sites (N-methyl/N-ethyl adjacent to an activating group) is 1. The molecule has 0 unspecified atom stereocenters. The van der Waals surface area contributed by atoms with Crippen molar-refractivity contribution >= 4 is 17.5 Å². The molecule has 7 nitrogen and oxygen atoms in total. The summed E-state index contributed by atoms with van der Waals surface area (Å²) in [6.45, 7) is 8.70. The second kappa shape index (κ2) is 7.76. The fraction of sp³-hybridized carbons (Fsp3) is 0.600. The molecule has 1 fully saturated rings. The summed E-state index contributed by atoms with van der Waals surface area (Å²) in [6, 6.07) is 5.43. The van der Waals surface area contributed by atoms with Gasteiger partial charge in [0.15, 0.2) is 0 Å². The number of amides is 2. The first-order valence-corrected chi connectivity index (χ1v) is 9.42. The van der Waals surface area contributed by atoms with E-state index in [0.29, 0.717) is 44.9 Å². The zero-order chi connectivity index (χ0) is 19.6. The van der Waals surface area contributed by atoms with Crippen LogP contribution in [0.2, 0.25) is 0 Å². The first kappa shape index (κ1) is 19.5. The highest BCUT2D eigenvalue weighted by molar-refractivity contribution is 5.96. The summed E-state index contributed by atoms with van der Waals surface area (Å²) in [6.07, 6.45) is 0.342. The predicted molar refractivity (Wildman–Crippen MR) is 103 cm³/mol. The van der Waals surface area contributed by atoms with Crippen LogP contribution in [0.15, 0.2) is 18.2 Å². The number of rotatable bonds is 3. The largest absolute Gasteiger partial charge is 0.489 e. The second-order valence-electron chi connectivity index (χ2n) is 8.17. The van der Waals surface area contributed by atoms with Gasteiger partial charge in [-0.15, -0.1) is 0 Å². The van der Waals surface area contributed by atoms with Crippen molar-refractivity contribution in [2.45, 2.75) is 38.8 Å². The number of carbonyl (C=O) groups is 2. The van der Waals surface area contributed by atoms with Crippen LogP contribution in [0.4, 0.5) is 5.69 Å². The molecular weight excluding hydrogens is 346 g/mol. The Morgan fingerprint density at radius 3 is 2.59 bits per heavy atom. The number of anilines is 1. The van der Waals surface area contributed by atoms with Crippen molar-refractivity contribution in [1.29, 1.82) is 0 Å². The third-order valence-electron chi connectivity index (χ3n) is 4.80. The van der Waals surface area contributed by atoms with E-state index in [1.807, 2.05) is 49.8 Å². The zero-order valence-corrected chi connectivity index (χ0v) is 16.6. The molecule has 1 atom stereocenters. The Morgan fingerprint density at radius 1 is 1.22 bits per heavy atom. The molecule has 0 aliphatic carbocycles. The molecule has 7 heteroatoms. The molecule has 1 N–H and O–H groups in total. The van der Waals surface area contributed by atoms with Gasteiger partial charge in [-0.05, 0) is 39.0 Å². The van der Waals surface area contributed by atoms with Gasteiger partial charge in [0.1, 0.15) is 12.4 Å². The van der Waals surface area contributed by atoms with Crippen molar-refractivity contribution in [3.8, 4) is 5.75 Å². The molecule has 0 saturated carbocycles. The molecule has 2 amide bonds. The maximum Gasteiger partial charge on any atom is 0.254 e. The molecule has 1 aromatic rings. The van der Waals surface area contributed by atoms with Crippen molar-refractivity contribution in [3.63, 3.8) is 0 Å². The summed E-state index contributed by atoms with van der Waals surface area (Å²) >= 11 is 0. The van der Waals surface area contributed by atoms with E-state index < -0.39 is 0 Å². The smallest absolute Gasteiger partial charge is 0.254 e. The number of hydrogen-bond donors (Lipinski definition) is 1. The number of benzene rings is 1. The second-order valence-corrected chi connectivity index (χ2v) is 8.17. The molecule has 3 rings (SSSR count). The predicted octanol–water partition coefficient (Wildman–Crippen LogP) is 1.66. The van der Waals surface area contributed by atoms with Crippen LogP contribution in [0.1, 0.15) is 37.6 Å². The maximum atomic E-state index is 12.8. The average Bonchev–Trinajstić information content (AvgIpc) is 2.62. The van der Waals surface area contributed by atoms with Gasteiger partial charge in [-0.3, -0.25) is 9.59 Å². The summed E-state index contributed by atoms with van der Waals surface area (Å²) in [4.78, 5) is 28.9. The van der Waals surface area contributed by atoms with Gasteiger partial charge in [0.2, 0.25) is 5.91 Å². The van der Waals surface area contributed by atoms with Gasteiger partial charge < -0.3 is 24.6 Å². The lowest BCUT2D eigenvalue weighted by Gasteiger charge is -2.36. The molecule has 2 aliphatic rings. The fourth-order valence-corrected chi connectivity index (χ4v) is 3.37. The highest BCUT2D eigenvalue weighted by Gasteiger charge is 2.29. The van der Waals surface area contributed by atoms with Crippen LogP contribution < -0.4 is 15.0 Å². The van der Waals surface area contributed by atoms with E-state index >= 15 is 0 Å². The third kappa shape index (κ3) is 4.71. The van der Waals surface area contributed by atoms with Gasteiger partial charge in [0, 0.05) is 31.2 Å². The van der Waals surface area contributed by atoms with Gasteiger partial charge in [0.25, 0.3) is 5.91 Å². The van der Waals surface area contributed by atoms with Gasteiger partial charge in [-0.2, -0.15) is 0 Å². The van der Waals surface area contributed by atoms with Gasteiger partial charge in [-0.1, -0.05) is 0 Å². The fourth-order valence-electron chi connectivity index (χ4n) is 3.37. The van der Waals surface area contributed by atoms with E-state index in [1.165, 1.54) is 0 Å². The highest BCUT2D eigenvalue weighted by Crippen LogP contribution is 2.35. The number of hydrogen-bond acceptors (Lipinski definition) is 5. The lowest BCUT2D eigenvalue weighted by atomic mass is 10.0. The molecule has 0 aromatic heterocycles. The monoisotopic (exact) mass is 375 g/mol. The van der Waals surface area contributed by atoms with E-state index in [2.05, 4.69) is 5.32 Å². The minimum absolute atomic E-state index is 0.00194. The number of fused-ring (bicyclic) bond motifs is 1. The molecule has 2 heterocycles. The quantitative estimate of drug-likeness (QED) is 0.870. The van der Waals surface area contributed by atoms with E-state index in [4.69, 9.17) is 9.47 Å². The lowest BCUT2D eigenvalue weighted by molar-refractivity contribution is -0.123. The molecule has 1 aromatic carbocycles. The van der Waals surface area contributed by atoms with E-state index in [9.17, 15) is 9.59 Å². The number of carbonyl (C=O) groups excluding carboxylic acids is 2. The third-order valence-corrected chi connectivity index (χ3v) is 4.80. The molecule has 0 spiro atoms. The van der Waals surface area contributed by atoms with E-state index in [1.54, 1.807) is 6.07 Å². The van der Waals surface area contributed by atoms with Crippen molar-refractivity contribution in [3.05, 3.63) is 23.8 Å². The van der Waals surface area contributed by atoms with Crippen LogP contribution in [0.3, 0.4) is 0 Å². The Bertz CT molecular complexity index is 708. The summed E-state index contributed by atoms with van der Waals surface area (Å²) in [7, 11) is 1.94. The summed E-state index contributed by atoms with van der Waals surface area (Å²) < 4.78 is 11.2. The van der Waals surface area contributed by atoms with Crippen LogP contribution in [0.25, 0.3) is 0 Å². The minimum Gasteiger partial charge on any atom is -0.489 e. The minimum atomic E-state index is -0.263. The average molecular weight is 375 g/mol. The first-order valence-electron chi connectivity index (χ1n) is 9.42. The maximum absolute atomic E-state index is 12.8. The van der Waals surface area contributed by atoms with Gasteiger partial charge >= 0.3 is 0 Å². The molecule has 2 aliphatic heterocycles. The van der Waals surface area contributed by atoms with Crippen molar-refractivity contribution in [2.75, 3.05) is 44.9 Å². The van der Waals surface area contributed by atoms with Crippen LogP contribution >= 0.6 is 0 Å². The highest BCUT2D eigenvalue weighted by atomic mass is 16.5. The number of nitrogens with zero attached hydrogens (tertiary/aromatic N) is 2. The van der Waals surface area contributed by atoms with Crippen molar-refractivity contribution in [2.24, 2.45) is 0 Å². The van der Waals surface area contributed by atoms with E-state index in [0.717, 1.165) is 11.4 Å². The Labute approximate surface area is 160 Å². The Hall–Kier alpha value is -2.28. The number of nitrogens with one attached hydrogen (secondary N) is 1. The summed E-state index contributed by atoms with van der Waals surface area (Å²) in [5, 5.41) is 2.99. The Morgan fingerprint density at radius 2 is 1.93 bits per heavy atom. The van der Waals surface area contributed by atoms with Crippen LogP contribution in [0, 0.1) is 0 Å². The number of ether oxygens (including phenoxy) is 2. The molecule has 0 radical (unpaired) electrons. The Balaban J connectivity index is 1.73. The summed E-state index contributed by atoms with van der Waals surface area (Å²) in [5.74, 6) is 0.734. The standard InChI is InChI=1S/C20H29N3O4/c1-20(2,3)21-18(24)12-15-13-27-17-6-5-14(11-16(17)22(15)4)19(25)23-7-9-26-10-8-23/h5-6,11,15H,7-10,12-13H2,1-4H3,(H,21,24)/t15-/m0/s1. The normalized spacial score (nSPS) is 19.9. The van der Waals surface area contributed by atoms with Crippen LogP contribution in [-0.4, -0.2) is 68.3 Å². The topological polar surface area (TPSA) is 71.1 Å². The zero-order valence-electron chi connectivity index (χ0n) is 16.6. The van der Waals surface area contributed by atoms with Gasteiger partial charge in [0.05, 0.1) is 31.4 Å². The van der Waals surface area contributed by atoms with E-state index in [-0.39, 0.29) is 23.4 Å². The van der Waals surface area contributed by atoms with Gasteiger partial charge in [-0.25, -0.2) is 0 Å². The molecular formula is C20H29N3O4. The van der Waals surface area contributed by atoms with Crippen LogP contribution in [-0.2, 0) is 9.53 Å². The molecule has 27 heavy (non-hydrogen) atoms. The molecule has 0 bridgehead atoms. The van der Waals surface area contributed by atoms with Crippen molar-refractivity contribution < 1.29 is 19.1 Å². The Kier molecular flexibility index (Phi) is 5.60.